The predicted octanol–water partition coefficient (Wildman–Crippen LogP) is 0.626. The fourth-order valence-electron chi connectivity index (χ4n) is 1.35. The van der Waals surface area contributed by atoms with E-state index in [1.165, 1.54) is 12.1 Å². The Bertz CT molecular complexity index is 481. The molecule has 0 unspecified atom stereocenters. The van der Waals surface area contributed by atoms with Crippen molar-refractivity contribution in [2.24, 2.45) is 0 Å². The van der Waals surface area contributed by atoms with Gasteiger partial charge in [-0.1, -0.05) is 6.92 Å². The first-order valence-corrected chi connectivity index (χ1v) is 6.88. The van der Waals surface area contributed by atoms with Crippen LogP contribution in [0.1, 0.15) is 18.9 Å². The van der Waals surface area contributed by atoms with Crippen LogP contribution in [0.4, 0.5) is 5.69 Å². The van der Waals surface area contributed by atoms with Gasteiger partial charge in [0.25, 0.3) is 0 Å². The first-order valence-electron chi connectivity index (χ1n) is 5.40. The molecule has 1 atom stereocenters. The lowest BCUT2D eigenvalue weighted by Gasteiger charge is -2.14. The Hall–Kier alpha value is -1.11. The van der Waals surface area contributed by atoms with Crippen LogP contribution < -0.4 is 10.5 Å². The van der Waals surface area contributed by atoms with Crippen molar-refractivity contribution in [2.75, 3.05) is 12.3 Å². The number of rotatable bonds is 5. The van der Waals surface area contributed by atoms with Gasteiger partial charge in [-0.15, -0.1) is 0 Å². The number of nitrogens with one attached hydrogen (secondary N) is 1. The first-order chi connectivity index (χ1) is 7.90. The van der Waals surface area contributed by atoms with Gasteiger partial charge in [-0.25, -0.2) is 13.1 Å². The Kier molecular flexibility index (Phi) is 4.50. The van der Waals surface area contributed by atoms with Crippen LogP contribution in [0.3, 0.4) is 0 Å². The van der Waals surface area contributed by atoms with Crippen LogP contribution in [0.25, 0.3) is 0 Å². The molecule has 5 nitrogen and oxygen atoms in total. The van der Waals surface area contributed by atoms with Gasteiger partial charge >= 0.3 is 0 Å². The van der Waals surface area contributed by atoms with Crippen LogP contribution in [-0.4, -0.2) is 26.2 Å². The van der Waals surface area contributed by atoms with Crippen molar-refractivity contribution in [3.63, 3.8) is 0 Å². The molecule has 0 radical (unpaired) electrons. The van der Waals surface area contributed by atoms with E-state index in [-0.39, 0.29) is 11.5 Å². The number of benzene rings is 1. The Balaban J connectivity index is 3.01. The van der Waals surface area contributed by atoms with Gasteiger partial charge < -0.3 is 10.8 Å². The molecule has 6 heteroatoms. The number of hydrogen-bond donors (Lipinski definition) is 3. The summed E-state index contributed by atoms with van der Waals surface area (Å²) in [5.41, 5.74) is 6.90. The zero-order valence-electron chi connectivity index (χ0n) is 9.97. The number of aryl methyl sites for hydroxylation is 1. The van der Waals surface area contributed by atoms with E-state index in [1.54, 1.807) is 19.9 Å². The Morgan fingerprint density at radius 3 is 2.59 bits per heavy atom. The molecule has 0 saturated heterocycles. The highest BCUT2D eigenvalue weighted by atomic mass is 32.2. The third-order valence-corrected chi connectivity index (χ3v) is 4.10. The molecule has 4 N–H and O–H groups in total. The summed E-state index contributed by atoms with van der Waals surface area (Å²) in [6.07, 6.45) is 0.531. The summed E-state index contributed by atoms with van der Waals surface area (Å²) in [6.45, 7) is 3.33. The molecule has 0 aliphatic rings. The maximum absolute atomic E-state index is 12.0. The largest absolute Gasteiger partial charge is 0.399 e. The molecular formula is C11H18N2O3S. The van der Waals surface area contributed by atoms with Crippen molar-refractivity contribution in [1.29, 1.82) is 0 Å². The number of hydrogen-bond acceptors (Lipinski definition) is 4. The number of anilines is 1. The summed E-state index contributed by atoms with van der Waals surface area (Å²) >= 11 is 0. The van der Waals surface area contributed by atoms with Crippen LogP contribution in [0.2, 0.25) is 0 Å². The topological polar surface area (TPSA) is 92.4 Å². The quantitative estimate of drug-likeness (QED) is 0.675. The lowest BCUT2D eigenvalue weighted by Crippen LogP contribution is -2.36. The molecule has 0 bridgehead atoms. The van der Waals surface area contributed by atoms with Crippen molar-refractivity contribution >= 4 is 15.7 Å². The van der Waals surface area contributed by atoms with Crippen LogP contribution in [0.5, 0.6) is 0 Å². The van der Waals surface area contributed by atoms with Crippen molar-refractivity contribution in [1.82, 2.24) is 4.72 Å². The number of aliphatic hydroxyl groups is 1. The molecule has 96 valence electrons. The van der Waals surface area contributed by atoms with E-state index in [0.717, 1.165) is 0 Å². The van der Waals surface area contributed by atoms with E-state index >= 15 is 0 Å². The van der Waals surface area contributed by atoms with E-state index in [4.69, 9.17) is 10.8 Å². The average molecular weight is 258 g/mol. The molecular weight excluding hydrogens is 240 g/mol. The second kappa shape index (κ2) is 5.48. The molecule has 0 heterocycles. The molecule has 0 aliphatic carbocycles. The fraction of sp³-hybridized carbons (Fsp3) is 0.455. The summed E-state index contributed by atoms with van der Waals surface area (Å²) in [5, 5.41) is 8.99. The first kappa shape index (κ1) is 14.0. The maximum Gasteiger partial charge on any atom is 0.240 e. The third kappa shape index (κ3) is 3.42. The average Bonchev–Trinajstić information content (AvgIpc) is 2.29. The molecule has 1 aromatic carbocycles. The number of nitrogens with two attached hydrogens (primary N) is 1. The number of aliphatic hydroxyl groups excluding tert-OH is 1. The fourth-order valence-corrected chi connectivity index (χ4v) is 2.75. The van der Waals surface area contributed by atoms with Crippen LogP contribution in [0.15, 0.2) is 23.1 Å². The number of sulfonamides is 1. The van der Waals surface area contributed by atoms with Gasteiger partial charge in [0, 0.05) is 11.7 Å². The number of nitrogen functional groups attached to an aromatic ring is 1. The van der Waals surface area contributed by atoms with E-state index in [2.05, 4.69) is 4.72 Å². The third-order valence-electron chi connectivity index (χ3n) is 2.59. The van der Waals surface area contributed by atoms with Crippen molar-refractivity contribution in [2.45, 2.75) is 31.2 Å². The normalized spacial score (nSPS) is 13.6. The maximum atomic E-state index is 12.0. The zero-order chi connectivity index (χ0) is 13.1. The van der Waals surface area contributed by atoms with Gasteiger partial charge in [-0.3, -0.25) is 0 Å². The van der Waals surface area contributed by atoms with Crippen molar-refractivity contribution < 1.29 is 13.5 Å². The lowest BCUT2D eigenvalue weighted by molar-refractivity contribution is 0.254. The minimum Gasteiger partial charge on any atom is -0.399 e. The molecule has 17 heavy (non-hydrogen) atoms. The molecule has 1 aromatic rings. The van der Waals surface area contributed by atoms with Gasteiger partial charge in [-0.2, -0.15) is 0 Å². The molecule has 0 fully saturated rings. The molecule has 0 aromatic heterocycles. The molecule has 0 saturated carbocycles. The highest BCUT2D eigenvalue weighted by molar-refractivity contribution is 7.89. The van der Waals surface area contributed by atoms with Gasteiger partial charge in [0.05, 0.1) is 11.5 Å². The van der Waals surface area contributed by atoms with E-state index in [9.17, 15) is 8.42 Å². The predicted molar refractivity (Wildman–Crippen MR) is 67.1 cm³/mol. The van der Waals surface area contributed by atoms with Crippen molar-refractivity contribution in [3.8, 4) is 0 Å². The minimum atomic E-state index is -3.59. The lowest BCUT2D eigenvalue weighted by atomic mass is 10.2. The van der Waals surface area contributed by atoms with Crippen LogP contribution in [-0.2, 0) is 10.0 Å². The summed E-state index contributed by atoms with van der Waals surface area (Å²) in [6, 6.07) is 4.07. The second-order valence-electron chi connectivity index (χ2n) is 3.93. The Morgan fingerprint density at radius 1 is 1.47 bits per heavy atom. The highest BCUT2D eigenvalue weighted by Gasteiger charge is 2.18. The standard InChI is InChI=1S/C11H18N2O3S/c1-3-9(7-14)13-17(15,16)10-4-5-11(12)8(2)6-10/h4-6,9,13-14H,3,7,12H2,1-2H3/t9-/m1/s1. The summed E-state index contributed by atoms with van der Waals surface area (Å²) in [7, 11) is -3.59. The molecule has 0 aliphatic heterocycles. The van der Waals surface area contributed by atoms with Gasteiger partial charge in [0.1, 0.15) is 0 Å². The zero-order valence-corrected chi connectivity index (χ0v) is 10.8. The van der Waals surface area contributed by atoms with E-state index in [1.807, 2.05) is 0 Å². The molecule has 0 spiro atoms. The molecule has 0 amide bonds. The highest BCUT2D eigenvalue weighted by Crippen LogP contribution is 2.17. The minimum absolute atomic E-state index is 0.163. The van der Waals surface area contributed by atoms with Gasteiger partial charge in [-0.05, 0) is 37.1 Å². The van der Waals surface area contributed by atoms with E-state index in [0.29, 0.717) is 17.7 Å². The summed E-state index contributed by atoms with van der Waals surface area (Å²) in [5.74, 6) is 0. The molecule has 1 rings (SSSR count). The Morgan fingerprint density at radius 2 is 2.12 bits per heavy atom. The van der Waals surface area contributed by atoms with Crippen LogP contribution >= 0.6 is 0 Å². The van der Waals surface area contributed by atoms with Gasteiger partial charge in [0.2, 0.25) is 10.0 Å². The van der Waals surface area contributed by atoms with Crippen molar-refractivity contribution in [3.05, 3.63) is 23.8 Å². The SMILES string of the molecule is CC[C@H](CO)NS(=O)(=O)c1ccc(N)c(C)c1. The van der Waals surface area contributed by atoms with Gasteiger partial charge in [0.15, 0.2) is 0 Å². The smallest absolute Gasteiger partial charge is 0.240 e. The summed E-state index contributed by atoms with van der Waals surface area (Å²) in [4.78, 5) is 0.163. The monoisotopic (exact) mass is 258 g/mol. The summed E-state index contributed by atoms with van der Waals surface area (Å²) < 4.78 is 26.4. The Labute approximate surface area is 102 Å². The van der Waals surface area contributed by atoms with Crippen LogP contribution in [0, 0.1) is 6.92 Å². The second-order valence-corrected chi connectivity index (χ2v) is 5.64. The van der Waals surface area contributed by atoms with E-state index < -0.39 is 16.1 Å².